The molecule has 4 nitrogen and oxygen atoms in total. The molecule has 1 aliphatic rings. The van der Waals surface area contributed by atoms with E-state index in [-0.39, 0.29) is 0 Å². The van der Waals surface area contributed by atoms with Crippen LogP contribution < -0.4 is 10.6 Å². The Hall–Kier alpha value is -0.770. The molecule has 1 heterocycles. The van der Waals surface area contributed by atoms with Gasteiger partial charge < -0.3 is 15.5 Å². The quantitative estimate of drug-likeness (QED) is 0.390. The van der Waals surface area contributed by atoms with E-state index in [1.54, 1.807) is 0 Å². The largest absolute Gasteiger partial charge is 0.357 e. The third-order valence-electron chi connectivity index (χ3n) is 4.61. The molecule has 0 bridgehead atoms. The van der Waals surface area contributed by atoms with Gasteiger partial charge in [-0.3, -0.25) is 4.99 Å². The van der Waals surface area contributed by atoms with Crippen LogP contribution in [0.15, 0.2) is 4.99 Å². The molecule has 1 unspecified atom stereocenters. The SMILES string of the molecule is CCCCCC(C)NC(=NCCC1CCN(C)CC1)NCC. The molecule has 22 heavy (non-hydrogen) atoms. The summed E-state index contributed by atoms with van der Waals surface area (Å²) < 4.78 is 0. The zero-order chi connectivity index (χ0) is 16.2. The predicted octanol–water partition coefficient (Wildman–Crippen LogP) is 3.24. The summed E-state index contributed by atoms with van der Waals surface area (Å²) in [6.07, 6.45) is 9.06. The van der Waals surface area contributed by atoms with E-state index in [0.29, 0.717) is 6.04 Å². The smallest absolute Gasteiger partial charge is 0.191 e. The van der Waals surface area contributed by atoms with Crippen LogP contribution in [-0.4, -0.2) is 50.1 Å². The van der Waals surface area contributed by atoms with Crippen molar-refractivity contribution in [3.05, 3.63) is 0 Å². The second-order valence-electron chi connectivity index (χ2n) is 6.84. The monoisotopic (exact) mass is 310 g/mol. The number of nitrogens with zero attached hydrogens (tertiary/aromatic N) is 2. The highest BCUT2D eigenvalue weighted by Crippen LogP contribution is 2.19. The Kier molecular flexibility index (Phi) is 10.3. The molecule has 0 aromatic heterocycles. The van der Waals surface area contributed by atoms with Crippen LogP contribution in [0.1, 0.15) is 65.7 Å². The highest BCUT2D eigenvalue weighted by atomic mass is 15.2. The molecule has 1 aliphatic heterocycles. The van der Waals surface area contributed by atoms with E-state index in [1.165, 1.54) is 58.0 Å². The standard InChI is InChI=1S/C18H38N4/c1-5-7-8-9-16(3)21-18(19-6-2)20-13-10-17-11-14-22(4)15-12-17/h16-17H,5-15H2,1-4H3,(H2,19,20,21). The molecule has 1 saturated heterocycles. The number of piperidine rings is 1. The first-order chi connectivity index (χ1) is 10.7. The number of nitrogens with one attached hydrogen (secondary N) is 2. The van der Waals surface area contributed by atoms with Crippen LogP contribution >= 0.6 is 0 Å². The van der Waals surface area contributed by atoms with Crippen molar-refractivity contribution in [2.24, 2.45) is 10.9 Å². The third kappa shape index (κ3) is 8.62. The fraction of sp³-hybridized carbons (Fsp3) is 0.944. The second kappa shape index (κ2) is 11.8. The minimum Gasteiger partial charge on any atom is -0.357 e. The van der Waals surface area contributed by atoms with Crippen LogP contribution in [0.25, 0.3) is 0 Å². The number of hydrogen-bond donors (Lipinski definition) is 2. The first-order valence-electron chi connectivity index (χ1n) is 9.39. The highest BCUT2D eigenvalue weighted by Gasteiger charge is 2.16. The summed E-state index contributed by atoms with van der Waals surface area (Å²) in [7, 11) is 2.22. The lowest BCUT2D eigenvalue weighted by Crippen LogP contribution is -2.42. The summed E-state index contributed by atoms with van der Waals surface area (Å²) in [5.41, 5.74) is 0. The van der Waals surface area contributed by atoms with Crippen LogP contribution in [0.5, 0.6) is 0 Å². The Morgan fingerprint density at radius 1 is 1.23 bits per heavy atom. The van der Waals surface area contributed by atoms with Gasteiger partial charge >= 0.3 is 0 Å². The average molecular weight is 311 g/mol. The maximum absolute atomic E-state index is 4.78. The molecule has 2 N–H and O–H groups in total. The fourth-order valence-electron chi connectivity index (χ4n) is 3.04. The van der Waals surface area contributed by atoms with Gasteiger partial charge in [-0.25, -0.2) is 0 Å². The third-order valence-corrected chi connectivity index (χ3v) is 4.61. The lowest BCUT2D eigenvalue weighted by atomic mass is 9.94. The van der Waals surface area contributed by atoms with Crippen molar-refractivity contribution in [3.63, 3.8) is 0 Å². The van der Waals surface area contributed by atoms with Gasteiger partial charge in [0.25, 0.3) is 0 Å². The van der Waals surface area contributed by atoms with E-state index in [1.807, 2.05) is 0 Å². The second-order valence-corrected chi connectivity index (χ2v) is 6.84. The number of aliphatic imine (C=N–C) groups is 1. The van der Waals surface area contributed by atoms with E-state index < -0.39 is 0 Å². The van der Waals surface area contributed by atoms with Gasteiger partial charge in [0.2, 0.25) is 0 Å². The van der Waals surface area contributed by atoms with Crippen molar-refractivity contribution >= 4 is 5.96 Å². The molecule has 130 valence electrons. The van der Waals surface area contributed by atoms with Gasteiger partial charge in [-0.15, -0.1) is 0 Å². The van der Waals surface area contributed by atoms with Crippen LogP contribution in [0, 0.1) is 5.92 Å². The van der Waals surface area contributed by atoms with Gasteiger partial charge in [-0.2, -0.15) is 0 Å². The van der Waals surface area contributed by atoms with E-state index in [0.717, 1.165) is 25.0 Å². The summed E-state index contributed by atoms with van der Waals surface area (Å²) in [4.78, 5) is 7.21. The van der Waals surface area contributed by atoms with Crippen molar-refractivity contribution in [1.29, 1.82) is 0 Å². The fourth-order valence-corrected chi connectivity index (χ4v) is 3.04. The molecule has 0 aromatic rings. The summed E-state index contributed by atoms with van der Waals surface area (Å²) in [5, 5.41) is 6.93. The van der Waals surface area contributed by atoms with Gasteiger partial charge in [0.1, 0.15) is 0 Å². The van der Waals surface area contributed by atoms with Crippen LogP contribution in [0.3, 0.4) is 0 Å². The lowest BCUT2D eigenvalue weighted by Gasteiger charge is -2.28. The van der Waals surface area contributed by atoms with E-state index in [9.17, 15) is 0 Å². The molecule has 0 aliphatic carbocycles. The van der Waals surface area contributed by atoms with Crippen molar-refractivity contribution < 1.29 is 0 Å². The predicted molar refractivity (Wildman–Crippen MR) is 97.6 cm³/mol. The van der Waals surface area contributed by atoms with Gasteiger partial charge in [0, 0.05) is 19.1 Å². The Balaban J connectivity index is 2.28. The van der Waals surface area contributed by atoms with Gasteiger partial charge in [0.05, 0.1) is 0 Å². The summed E-state index contributed by atoms with van der Waals surface area (Å²) >= 11 is 0. The molecule has 0 spiro atoms. The molecule has 1 fully saturated rings. The summed E-state index contributed by atoms with van der Waals surface area (Å²) in [6.45, 7) is 11.0. The normalized spacial score (nSPS) is 19.2. The highest BCUT2D eigenvalue weighted by molar-refractivity contribution is 5.80. The number of rotatable bonds is 9. The Bertz CT molecular complexity index is 295. The van der Waals surface area contributed by atoms with Crippen molar-refractivity contribution in [3.8, 4) is 0 Å². The van der Waals surface area contributed by atoms with Gasteiger partial charge in [-0.05, 0) is 65.6 Å². The van der Waals surface area contributed by atoms with E-state index in [2.05, 4.69) is 43.4 Å². The van der Waals surface area contributed by atoms with Crippen LogP contribution in [0.2, 0.25) is 0 Å². The van der Waals surface area contributed by atoms with Crippen LogP contribution in [-0.2, 0) is 0 Å². The van der Waals surface area contributed by atoms with Crippen molar-refractivity contribution in [2.75, 3.05) is 33.2 Å². The molecule has 4 heteroatoms. The molecular formula is C18H38N4. The number of unbranched alkanes of at least 4 members (excludes halogenated alkanes) is 2. The molecule has 0 aromatic carbocycles. The molecule has 1 atom stereocenters. The average Bonchev–Trinajstić information content (AvgIpc) is 2.50. The van der Waals surface area contributed by atoms with E-state index in [4.69, 9.17) is 4.99 Å². The Morgan fingerprint density at radius 2 is 1.95 bits per heavy atom. The van der Waals surface area contributed by atoms with Gasteiger partial charge in [0.15, 0.2) is 5.96 Å². The Labute approximate surface area is 138 Å². The number of guanidine groups is 1. The molecule has 0 amide bonds. The van der Waals surface area contributed by atoms with Gasteiger partial charge in [-0.1, -0.05) is 26.2 Å². The topological polar surface area (TPSA) is 39.7 Å². The Morgan fingerprint density at radius 3 is 2.59 bits per heavy atom. The minimum absolute atomic E-state index is 0.507. The first kappa shape index (κ1) is 19.3. The summed E-state index contributed by atoms with van der Waals surface area (Å²) in [6, 6.07) is 0.507. The maximum atomic E-state index is 4.78. The molecule has 0 saturated carbocycles. The minimum atomic E-state index is 0.507. The molecule has 0 radical (unpaired) electrons. The van der Waals surface area contributed by atoms with E-state index >= 15 is 0 Å². The molecule has 1 rings (SSSR count). The number of hydrogen-bond acceptors (Lipinski definition) is 2. The maximum Gasteiger partial charge on any atom is 0.191 e. The number of likely N-dealkylation sites (tertiary alicyclic amines) is 1. The zero-order valence-corrected chi connectivity index (χ0v) is 15.3. The van der Waals surface area contributed by atoms with Crippen LogP contribution in [0.4, 0.5) is 0 Å². The van der Waals surface area contributed by atoms with Crippen molar-refractivity contribution in [1.82, 2.24) is 15.5 Å². The molecular weight excluding hydrogens is 272 g/mol. The lowest BCUT2D eigenvalue weighted by molar-refractivity contribution is 0.214. The van der Waals surface area contributed by atoms with Crippen molar-refractivity contribution in [2.45, 2.75) is 71.8 Å². The zero-order valence-electron chi connectivity index (χ0n) is 15.3. The first-order valence-corrected chi connectivity index (χ1v) is 9.39. The summed E-state index contributed by atoms with van der Waals surface area (Å²) in [5.74, 6) is 1.87.